The summed E-state index contributed by atoms with van der Waals surface area (Å²) in [6.45, 7) is 3.22. The van der Waals surface area contributed by atoms with E-state index in [9.17, 15) is 0 Å². The Balaban J connectivity index is 2.15. The number of anilines is 1. The number of hydrogen-bond acceptors (Lipinski definition) is 5. The van der Waals surface area contributed by atoms with E-state index in [1.807, 2.05) is 17.8 Å². The number of rotatable bonds is 5. The van der Waals surface area contributed by atoms with Gasteiger partial charge in [0.1, 0.15) is 5.82 Å². The average Bonchev–Trinajstić information content (AvgIpc) is 2.42. The number of thioether (sulfide) groups is 2. The van der Waals surface area contributed by atoms with Crippen molar-refractivity contribution in [2.24, 2.45) is 0 Å². The molecule has 0 bridgehead atoms. The van der Waals surface area contributed by atoms with Gasteiger partial charge in [-0.05, 0) is 19.0 Å². The quantitative estimate of drug-likeness (QED) is 0.870. The summed E-state index contributed by atoms with van der Waals surface area (Å²) in [6.07, 6.45) is 2.90. The summed E-state index contributed by atoms with van der Waals surface area (Å²) in [5, 5.41) is 4.24. The maximum Gasteiger partial charge on any atom is 0.128 e. The first-order valence-electron chi connectivity index (χ1n) is 6.46. The van der Waals surface area contributed by atoms with E-state index in [1.165, 1.54) is 17.3 Å². The summed E-state index contributed by atoms with van der Waals surface area (Å²) in [5.41, 5.74) is 7.19. The highest BCUT2D eigenvalue weighted by molar-refractivity contribution is 8.06. The Morgan fingerprint density at radius 3 is 3.11 bits per heavy atom. The van der Waals surface area contributed by atoms with Crippen LogP contribution in [0.25, 0.3) is 0 Å². The fourth-order valence-electron chi connectivity index (χ4n) is 2.13. The van der Waals surface area contributed by atoms with Crippen molar-refractivity contribution in [3.63, 3.8) is 0 Å². The molecule has 0 aliphatic carbocycles. The largest absolute Gasteiger partial charge is 0.383 e. The standard InChI is InChI=1S/C13H21N3S2/c1-2-5-15-12(11-9-17-7-8-18-11)10-4-3-6-16-13(10)14/h3-4,6,11-12,15H,2,5,7-9H2,1H3,(H2,14,16). The molecule has 3 N–H and O–H groups in total. The van der Waals surface area contributed by atoms with Crippen LogP contribution in [0.15, 0.2) is 18.3 Å². The first-order chi connectivity index (χ1) is 8.83. The second kappa shape index (κ2) is 7.26. The highest BCUT2D eigenvalue weighted by atomic mass is 32.2. The van der Waals surface area contributed by atoms with Gasteiger partial charge in [-0.2, -0.15) is 23.5 Å². The minimum atomic E-state index is 0.330. The van der Waals surface area contributed by atoms with E-state index in [4.69, 9.17) is 5.73 Å². The molecule has 2 rings (SSSR count). The molecule has 2 atom stereocenters. The fraction of sp³-hybridized carbons (Fsp3) is 0.615. The van der Waals surface area contributed by atoms with E-state index >= 15 is 0 Å². The van der Waals surface area contributed by atoms with Crippen LogP contribution in [0.3, 0.4) is 0 Å². The number of nitrogen functional groups attached to an aromatic ring is 1. The highest BCUT2D eigenvalue weighted by Crippen LogP contribution is 2.34. The second-order valence-electron chi connectivity index (χ2n) is 4.39. The molecule has 1 fully saturated rings. The zero-order valence-electron chi connectivity index (χ0n) is 10.8. The normalized spacial score (nSPS) is 21.7. The van der Waals surface area contributed by atoms with Gasteiger partial charge in [-0.25, -0.2) is 4.98 Å². The van der Waals surface area contributed by atoms with E-state index < -0.39 is 0 Å². The van der Waals surface area contributed by atoms with Crippen LogP contribution in [0.4, 0.5) is 5.82 Å². The van der Waals surface area contributed by atoms with Crippen LogP contribution >= 0.6 is 23.5 Å². The zero-order chi connectivity index (χ0) is 12.8. The molecular weight excluding hydrogens is 262 g/mol. The molecule has 2 heterocycles. The molecule has 1 aliphatic heterocycles. The first kappa shape index (κ1) is 14.0. The molecule has 0 spiro atoms. The highest BCUT2D eigenvalue weighted by Gasteiger charge is 2.27. The van der Waals surface area contributed by atoms with Crippen molar-refractivity contribution in [2.75, 3.05) is 29.5 Å². The third-order valence-corrected chi connectivity index (χ3v) is 5.90. The van der Waals surface area contributed by atoms with Gasteiger partial charge >= 0.3 is 0 Å². The Morgan fingerprint density at radius 1 is 1.56 bits per heavy atom. The van der Waals surface area contributed by atoms with Gasteiger partial charge in [-0.1, -0.05) is 13.0 Å². The van der Waals surface area contributed by atoms with Crippen molar-refractivity contribution < 1.29 is 0 Å². The Hall–Kier alpha value is -0.390. The molecule has 2 unspecified atom stereocenters. The summed E-state index contributed by atoms with van der Waals surface area (Å²) in [6, 6.07) is 4.42. The molecule has 0 radical (unpaired) electrons. The first-order valence-corrected chi connectivity index (χ1v) is 8.66. The second-order valence-corrected chi connectivity index (χ2v) is 6.89. The average molecular weight is 283 g/mol. The van der Waals surface area contributed by atoms with Crippen molar-refractivity contribution in [1.29, 1.82) is 0 Å². The minimum Gasteiger partial charge on any atom is -0.383 e. The van der Waals surface area contributed by atoms with Crippen LogP contribution in [0, 0.1) is 0 Å². The molecule has 1 aromatic rings. The zero-order valence-corrected chi connectivity index (χ0v) is 12.4. The van der Waals surface area contributed by atoms with Crippen molar-refractivity contribution in [3.05, 3.63) is 23.9 Å². The molecule has 0 amide bonds. The maximum atomic E-state index is 6.03. The van der Waals surface area contributed by atoms with Crippen molar-refractivity contribution in [2.45, 2.75) is 24.6 Å². The third-order valence-electron chi connectivity index (χ3n) is 3.03. The van der Waals surface area contributed by atoms with Crippen LogP contribution in [0.2, 0.25) is 0 Å². The van der Waals surface area contributed by atoms with Crippen molar-refractivity contribution >= 4 is 29.3 Å². The van der Waals surface area contributed by atoms with Crippen LogP contribution in [0.5, 0.6) is 0 Å². The SMILES string of the molecule is CCCNC(c1cccnc1N)C1CSCCS1. The van der Waals surface area contributed by atoms with Crippen LogP contribution in [-0.4, -0.2) is 34.0 Å². The van der Waals surface area contributed by atoms with Gasteiger partial charge in [0.05, 0.1) is 0 Å². The summed E-state index contributed by atoms with van der Waals surface area (Å²) in [4.78, 5) is 4.22. The van der Waals surface area contributed by atoms with Crippen LogP contribution in [0.1, 0.15) is 24.9 Å². The molecular formula is C13H21N3S2. The van der Waals surface area contributed by atoms with Crippen molar-refractivity contribution in [3.8, 4) is 0 Å². The summed E-state index contributed by atoms with van der Waals surface area (Å²) < 4.78 is 0. The number of nitrogens with one attached hydrogen (secondary N) is 1. The topological polar surface area (TPSA) is 50.9 Å². The van der Waals surface area contributed by atoms with Gasteiger partial charge in [0.2, 0.25) is 0 Å². The third kappa shape index (κ3) is 3.56. The Morgan fingerprint density at radius 2 is 2.44 bits per heavy atom. The molecule has 1 aliphatic rings. The number of hydrogen-bond donors (Lipinski definition) is 2. The molecule has 18 heavy (non-hydrogen) atoms. The number of aromatic nitrogens is 1. The van der Waals surface area contributed by atoms with Gasteiger partial charge in [0, 0.05) is 40.3 Å². The van der Waals surface area contributed by atoms with Gasteiger partial charge in [-0.15, -0.1) is 0 Å². The minimum absolute atomic E-state index is 0.330. The van der Waals surface area contributed by atoms with E-state index in [1.54, 1.807) is 6.20 Å². The van der Waals surface area contributed by atoms with E-state index in [2.05, 4.69) is 35.1 Å². The lowest BCUT2D eigenvalue weighted by molar-refractivity contribution is 0.530. The Kier molecular flexibility index (Phi) is 5.66. The smallest absolute Gasteiger partial charge is 0.128 e. The fourth-order valence-corrected chi connectivity index (χ4v) is 4.99. The molecule has 1 saturated heterocycles. The molecule has 100 valence electrons. The summed E-state index contributed by atoms with van der Waals surface area (Å²) in [5.74, 6) is 4.37. The van der Waals surface area contributed by atoms with Gasteiger partial charge in [-0.3, -0.25) is 0 Å². The van der Waals surface area contributed by atoms with Gasteiger partial charge in [0.25, 0.3) is 0 Å². The molecule has 1 aromatic heterocycles. The van der Waals surface area contributed by atoms with Crippen LogP contribution in [-0.2, 0) is 0 Å². The predicted octanol–water partition coefficient (Wildman–Crippen LogP) is 2.55. The maximum absolute atomic E-state index is 6.03. The van der Waals surface area contributed by atoms with Crippen LogP contribution < -0.4 is 11.1 Å². The Bertz CT molecular complexity index is 367. The van der Waals surface area contributed by atoms with Gasteiger partial charge < -0.3 is 11.1 Å². The van der Waals surface area contributed by atoms with E-state index in [0.717, 1.165) is 18.5 Å². The Labute approximate surface area is 118 Å². The van der Waals surface area contributed by atoms with Crippen molar-refractivity contribution in [1.82, 2.24) is 10.3 Å². The number of nitrogens with two attached hydrogens (primary N) is 1. The lowest BCUT2D eigenvalue weighted by atomic mass is 10.0. The number of nitrogens with zero attached hydrogens (tertiary/aromatic N) is 1. The molecule has 3 nitrogen and oxygen atoms in total. The lowest BCUT2D eigenvalue weighted by Gasteiger charge is -2.31. The lowest BCUT2D eigenvalue weighted by Crippen LogP contribution is -2.34. The summed E-state index contributed by atoms with van der Waals surface area (Å²) >= 11 is 4.10. The molecule has 0 saturated carbocycles. The van der Waals surface area contributed by atoms with E-state index in [0.29, 0.717) is 17.1 Å². The summed E-state index contributed by atoms with van der Waals surface area (Å²) in [7, 11) is 0. The molecule has 0 aromatic carbocycles. The predicted molar refractivity (Wildman–Crippen MR) is 83.3 cm³/mol. The van der Waals surface area contributed by atoms with Gasteiger partial charge in [0.15, 0.2) is 0 Å². The number of pyridine rings is 1. The molecule has 5 heteroatoms. The monoisotopic (exact) mass is 283 g/mol. The van der Waals surface area contributed by atoms with E-state index in [-0.39, 0.29) is 0 Å².